The number of carboxylic acid groups (broad SMARTS) is 1. The van der Waals surface area contributed by atoms with Crippen LogP contribution in [0.3, 0.4) is 0 Å². The zero-order chi connectivity index (χ0) is 13.9. The van der Waals surface area contributed by atoms with Gasteiger partial charge in [-0.2, -0.15) is 0 Å². The maximum atomic E-state index is 11.8. The molecule has 0 aliphatic carbocycles. The molecule has 0 heterocycles. The predicted molar refractivity (Wildman–Crippen MR) is 73.3 cm³/mol. The Hall–Kier alpha value is -1.08. The Labute approximate surface area is 114 Å². The lowest BCUT2D eigenvalue weighted by atomic mass is 10.2. The van der Waals surface area contributed by atoms with Crippen molar-refractivity contribution in [3.63, 3.8) is 0 Å². The average molecular weight is 336 g/mol. The van der Waals surface area contributed by atoms with Gasteiger partial charge in [-0.05, 0) is 24.1 Å². The summed E-state index contributed by atoms with van der Waals surface area (Å²) in [5.74, 6) is -1.27. The van der Waals surface area contributed by atoms with Crippen LogP contribution in [0.5, 0.6) is 0 Å². The van der Waals surface area contributed by atoms with Gasteiger partial charge in [-0.25, -0.2) is 13.2 Å². The monoisotopic (exact) mass is 335 g/mol. The molecule has 0 atom stereocenters. The first-order valence-electron chi connectivity index (χ1n) is 5.24. The molecule has 0 spiro atoms. The molecule has 0 bridgehead atoms. The van der Waals surface area contributed by atoms with Crippen molar-refractivity contribution in [3.8, 4) is 0 Å². The van der Waals surface area contributed by atoms with Gasteiger partial charge in [-0.3, -0.25) is 4.72 Å². The minimum absolute atomic E-state index is 0.0390. The summed E-state index contributed by atoms with van der Waals surface area (Å²) in [6.07, 6.45) is 0. The Morgan fingerprint density at radius 1 is 1.44 bits per heavy atom. The smallest absolute Gasteiger partial charge is 0.337 e. The van der Waals surface area contributed by atoms with Gasteiger partial charge in [0.25, 0.3) is 0 Å². The average Bonchev–Trinajstić information content (AvgIpc) is 2.13. The van der Waals surface area contributed by atoms with Crippen molar-refractivity contribution >= 4 is 37.6 Å². The minimum atomic E-state index is -3.54. The third kappa shape index (κ3) is 4.30. The zero-order valence-electron chi connectivity index (χ0n) is 9.97. The van der Waals surface area contributed by atoms with E-state index in [0.29, 0.717) is 4.47 Å². The topological polar surface area (TPSA) is 83.5 Å². The summed E-state index contributed by atoms with van der Waals surface area (Å²) in [5.41, 5.74) is -0.0111. The van der Waals surface area contributed by atoms with Crippen molar-refractivity contribution in [2.75, 3.05) is 10.5 Å². The van der Waals surface area contributed by atoms with E-state index in [-0.39, 0.29) is 22.9 Å². The number of benzene rings is 1. The molecular weight excluding hydrogens is 322 g/mol. The van der Waals surface area contributed by atoms with Crippen LogP contribution < -0.4 is 4.72 Å². The number of sulfonamides is 1. The number of aromatic carboxylic acids is 1. The predicted octanol–water partition coefficient (Wildman–Crippen LogP) is 2.55. The van der Waals surface area contributed by atoms with Crippen LogP contribution in [-0.2, 0) is 10.0 Å². The molecule has 18 heavy (non-hydrogen) atoms. The zero-order valence-corrected chi connectivity index (χ0v) is 12.4. The first kappa shape index (κ1) is 15.0. The maximum Gasteiger partial charge on any atom is 0.337 e. The summed E-state index contributed by atoms with van der Waals surface area (Å²) in [4.78, 5) is 11.0. The summed E-state index contributed by atoms with van der Waals surface area (Å²) < 4.78 is 26.5. The Bertz CT molecular complexity index is 554. The van der Waals surface area contributed by atoms with Crippen LogP contribution >= 0.6 is 15.9 Å². The van der Waals surface area contributed by atoms with Crippen molar-refractivity contribution < 1.29 is 18.3 Å². The fourth-order valence-corrected chi connectivity index (χ4v) is 3.26. The summed E-state index contributed by atoms with van der Waals surface area (Å²) >= 11 is 3.18. The number of anilines is 1. The molecule has 0 aromatic heterocycles. The molecule has 1 aromatic carbocycles. The number of rotatable bonds is 5. The first-order valence-corrected chi connectivity index (χ1v) is 7.69. The third-order valence-electron chi connectivity index (χ3n) is 2.03. The molecule has 2 N–H and O–H groups in total. The number of nitrogens with one attached hydrogen (secondary N) is 1. The Morgan fingerprint density at radius 3 is 2.56 bits per heavy atom. The van der Waals surface area contributed by atoms with E-state index in [0.717, 1.165) is 0 Å². The molecule has 0 saturated carbocycles. The molecular formula is C11H14BrNO4S. The number of carbonyl (C=O) groups is 1. The molecule has 1 aromatic rings. The fourth-order valence-electron chi connectivity index (χ4n) is 1.44. The lowest BCUT2D eigenvalue weighted by molar-refractivity contribution is 0.0698. The molecule has 100 valence electrons. The normalized spacial score (nSPS) is 11.6. The van der Waals surface area contributed by atoms with Crippen molar-refractivity contribution in [3.05, 3.63) is 28.2 Å². The summed E-state index contributed by atoms with van der Waals surface area (Å²) in [5, 5.41) is 8.99. The third-order valence-corrected chi connectivity index (χ3v) is 4.16. The first-order chi connectivity index (χ1) is 8.21. The number of hydrogen-bond donors (Lipinski definition) is 2. The van der Waals surface area contributed by atoms with Crippen LogP contribution in [0.1, 0.15) is 24.2 Å². The molecule has 5 nitrogen and oxygen atoms in total. The van der Waals surface area contributed by atoms with E-state index in [1.165, 1.54) is 12.1 Å². The summed E-state index contributed by atoms with van der Waals surface area (Å²) in [6.45, 7) is 3.55. The molecule has 0 aliphatic heterocycles. The van der Waals surface area contributed by atoms with Gasteiger partial charge in [-0.1, -0.05) is 29.8 Å². The molecule has 0 unspecified atom stereocenters. The Balaban J connectivity index is 3.10. The quantitative estimate of drug-likeness (QED) is 0.866. The number of halogens is 1. The van der Waals surface area contributed by atoms with E-state index in [1.54, 1.807) is 19.9 Å². The van der Waals surface area contributed by atoms with E-state index < -0.39 is 16.0 Å². The standard InChI is InChI=1S/C11H14BrNO4S/c1-7(2)6-18(16,17)13-10-5-8(12)3-4-9(10)11(14)15/h3-5,7,13H,6H2,1-2H3,(H,14,15). The number of hydrogen-bond acceptors (Lipinski definition) is 3. The van der Waals surface area contributed by atoms with E-state index in [4.69, 9.17) is 5.11 Å². The fraction of sp³-hybridized carbons (Fsp3) is 0.364. The van der Waals surface area contributed by atoms with Crippen molar-refractivity contribution in [1.82, 2.24) is 0 Å². The van der Waals surface area contributed by atoms with Gasteiger partial charge in [0.05, 0.1) is 17.0 Å². The van der Waals surface area contributed by atoms with Crippen LogP contribution in [0.4, 0.5) is 5.69 Å². The van der Waals surface area contributed by atoms with E-state index in [9.17, 15) is 13.2 Å². The van der Waals surface area contributed by atoms with Crippen molar-refractivity contribution in [2.24, 2.45) is 5.92 Å². The Morgan fingerprint density at radius 2 is 2.06 bits per heavy atom. The molecule has 0 saturated heterocycles. The molecule has 1 rings (SSSR count). The van der Waals surface area contributed by atoms with Crippen molar-refractivity contribution in [2.45, 2.75) is 13.8 Å². The van der Waals surface area contributed by atoms with Crippen LogP contribution in [0.25, 0.3) is 0 Å². The maximum absolute atomic E-state index is 11.8. The highest BCUT2D eigenvalue weighted by Gasteiger charge is 2.17. The van der Waals surface area contributed by atoms with Crippen LogP contribution in [0.15, 0.2) is 22.7 Å². The van der Waals surface area contributed by atoms with Gasteiger partial charge in [-0.15, -0.1) is 0 Å². The summed E-state index contributed by atoms with van der Waals surface area (Å²) in [6, 6.07) is 4.32. The highest BCUT2D eigenvalue weighted by atomic mass is 79.9. The van der Waals surface area contributed by atoms with Gasteiger partial charge < -0.3 is 5.11 Å². The van der Waals surface area contributed by atoms with Crippen molar-refractivity contribution in [1.29, 1.82) is 0 Å². The summed E-state index contributed by atoms with van der Waals surface area (Å²) in [7, 11) is -3.54. The highest BCUT2D eigenvalue weighted by Crippen LogP contribution is 2.23. The second kappa shape index (κ2) is 5.71. The minimum Gasteiger partial charge on any atom is -0.478 e. The lowest BCUT2D eigenvalue weighted by Gasteiger charge is -2.12. The molecule has 0 amide bonds. The van der Waals surface area contributed by atoms with Gasteiger partial charge in [0.15, 0.2) is 0 Å². The van der Waals surface area contributed by atoms with Gasteiger partial charge >= 0.3 is 5.97 Å². The second-order valence-corrected chi connectivity index (χ2v) is 6.96. The second-order valence-electron chi connectivity index (χ2n) is 4.27. The van der Waals surface area contributed by atoms with Crippen LogP contribution in [-0.4, -0.2) is 25.2 Å². The SMILES string of the molecule is CC(C)CS(=O)(=O)Nc1cc(Br)ccc1C(=O)O. The van der Waals surface area contributed by atoms with Gasteiger partial charge in [0, 0.05) is 4.47 Å². The lowest BCUT2D eigenvalue weighted by Crippen LogP contribution is -2.21. The van der Waals surface area contributed by atoms with Gasteiger partial charge in [0.2, 0.25) is 10.0 Å². The molecule has 7 heteroatoms. The van der Waals surface area contributed by atoms with E-state index in [2.05, 4.69) is 20.7 Å². The molecule has 0 aliphatic rings. The van der Waals surface area contributed by atoms with Crippen LogP contribution in [0.2, 0.25) is 0 Å². The van der Waals surface area contributed by atoms with E-state index >= 15 is 0 Å². The Kier molecular flexibility index (Phi) is 4.75. The van der Waals surface area contributed by atoms with Gasteiger partial charge in [0.1, 0.15) is 0 Å². The highest BCUT2D eigenvalue weighted by molar-refractivity contribution is 9.10. The van der Waals surface area contributed by atoms with E-state index in [1.807, 2.05) is 0 Å². The molecule has 0 radical (unpaired) electrons. The largest absolute Gasteiger partial charge is 0.478 e. The molecule has 0 fully saturated rings. The number of carboxylic acids is 1. The van der Waals surface area contributed by atoms with Crippen LogP contribution in [0, 0.1) is 5.92 Å².